The normalized spacial score (nSPS) is 12.3. The van der Waals surface area contributed by atoms with Crippen molar-refractivity contribution in [1.29, 1.82) is 0 Å². The molecule has 0 aromatic heterocycles. The average molecular weight is 243 g/mol. The molecule has 0 saturated heterocycles. The molecular formula is C10H17N3O2S. The first-order valence-corrected chi connectivity index (χ1v) is 6.22. The van der Waals surface area contributed by atoms with Crippen LogP contribution in [-0.2, 0) is 16.8 Å². The van der Waals surface area contributed by atoms with Gasteiger partial charge < -0.3 is 5.73 Å². The summed E-state index contributed by atoms with van der Waals surface area (Å²) >= 11 is 0. The van der Waals surface area contributed by atoms with Crippen LogP contribution in [0.5, 0.6) is 0 Å². The lowest BCUT2D eigenvalue weighted by molar-refractivity contribution is 0.414. The Labute approximate surface area is 96.6 Å². The van der Waals surface area contributed by atoms with Gasteiger partial charge in [0, 0.05) is 33.4 Å². The molecule has 2 N–H and O–H groups in total. The van der Waals surface area contributed by atoms with E-state index < -0.39 is 10.2 Å². The van der Waals surface area contributed by atoms with Crippen molar-refractivity contribution in [1.82, 2.24) is 8.61 Å². The number of benzene rings is 1. The van der Waals surface area contributed by atoms with Crippen molar-refractivity contribution >= 4 is 15.9 Å². The molecule has 0 aliphatic heterocycles. The van der Waals surface area contributed by atoms with Crippen LogP contribution in [0, 0.1) is 0 Å². The van der Waals surface area contributed by atoms with Crippen molar-refractivity contribution < 1.29 is 8.42 Å². The van der Waals surface area contributed by atoms with E-state index >= 15 is 0 Å². The number of nitrogens with two attached hydrogens (primary N) is 1. The van der Waals surface area contributed by atoms with E-state index in [2.05, 4.69) is 0 Å². The summed E-state index contributed by atoms with van der Waals surface area (Å²) in [5.41, 5.74) is 7.13. The fourth-order valence-corrected chi connectivity index (χ4v) is 2.18. The third kappa shape index (κ3) is 2.94. The van der Waals surface area contributed by atoms with E-state index in [0.29, 0.717) is 12.2 Å². The quantitative estimate of drug-likeness (QED) is 0.783. The summed E-state index contributed by atoms with van der Waals surface area (Å²) in [5.74, 6) is 0. The molecule has 1 aromatic rings. The van der Waals surface area contributed by atoms with Crippen molar-refractivity contribution in [3.8, 4) is 0 Å². The minimum atomic E-state index is -3.36. The van der Waals surface area contributed by atoms with Crippen LogP contribution in [0.4, 0.5) is 5.69 Å². The van der Waals surface area contributed by atoms with E-state index in [9.17, 15) is 8.42 Å². The Kier molecular flexibility index (Phi) is 3.90. The van der Waals surface area contributed by atoms with E-state index in [1.165, 1.54) is 22.7 Å². The first-order valence-electron chi connectivity index (χ1n) is 4.82. The summed E-state index contributed by atoms with van der Waals surface area (Å²) in [6.45, 7) is 0.311. The number of anilines is 1. The summed E-state index contributed by atoms with van der Waals surface area (Å²) in [6.07, 6.45) is 0. The summed E-state index contributed by atoms with van der Waals surface area (Å²) in [5, 5.41) is 0. The van der Waals surface area contributed by atoms with Crippen LogP contribution in [0.25, 0.3) is 0 Å². The van der Waals surface area contributed by atoms with E-state index in [-0.39, 0.29) is 0 Å². The highest BCUT2D eigenvalue weighted by Crippen LogP contribution is 2.11. The lowest BCUT2D eigenvalue weighted by atomic mass is 10.2. The number of nitrogen functional groups attached to an aromatic ring is 1. The Bertz CT molecular complexity index is 457. The maximum atomic E-state index is 11.7. The maximum absolute atomic E-state index is 11.7. The van der Waals surface area contributed by atoms with Crippen LogP contribution in [0.3, 0.4) is 0 Å². The van der Waals surface area contributed by atoms with Crippen LogP contribution in [-0.4, -0.2) is 38.2 Å². The molecule has 0 bridgehead atoms. The van der Waals surface area contributed by atoms with Gasteiger partial charge in [0.05, 0.1) is 0 Å². The van der Waals surface area contributed by atoms with E-state index in [1.807, 2.05) is 6.07 Å². The second kappa shape index (κ2) is 4.82. The second-order valence-electron chi connectivity index (χ2n) is 3.79. The summed E-state index contributed by atoms with van der Waals surface area (Å²) in [6, 6.07) is 7.18. The lowest BCUT2D eigenvalue weighted by Gasteiger charge is -2.21. The fourth-order valence-electron chi connectivity index (χ4n) is 1.31. The molecule has 0 heterocycles. The molecule has 0 spiro atoms. The van der Waals surface area contributed by atoms with Crippen molar-refractivity contribution in [2.45, 2.75) is 6.54 Å². The van der Waals surface area contributed by atoms with Gasteiger partial charge in [0.15, 0.2) is 0 Å². The molecule has 0 saturated carbocycles. The molecule has 90 valence electrons. The van der Waals surface area contributed by atoms with Gasteiger partial charge in [0.2, 0.25) is 0 Å². The van der Waals surface area contributed by atoms with Crippen molar-refractivity contribution in [2.75, 3.05) is 26.9 Å². The smallest absolute Gasteiger partial charge is 0.281 e. The molecule has 5 nitrogen and oxygen atoms in total. The highest BCUT2D eigenvalue weighted by atomic mass is 32.2. The Balaban J connectivity index is 2.83. The zero-order valence-electron chi connectivity index (χ0n) is 9.71. The zero-order valence-corrected chi connectivity index (χ0v) is 10.5. The molecule has 0 fully saturated rings. The van der Waals surface area contributed by atoms with E-state index in [1.54, 1.807) is 25.2 Å². The van der Waals surface area contributed by atoms with Crippen molar-refractivity contribution in [3.63, 3.8) is 0 Å². The molecular weight excluding hydrogens is 226 g/mol. The molecule has 6 heteroatoms. The van der Waals surface area contributed by atoms with E-state index in [4.69, 9.17) is 5.73 Å². The Morgan fingerprint density at radius 1 is 1.25 bits per heavy atom. The third-order valence-electron chi connectivity index (χ3n) is 2.21. The van der Waals surface area contributed by atoms with Crippen LogP contribution in [0.15, 0.2) is 24.3 Å². The number of hydrogen-bond donors (Lipinski definition) is 1. The summed E-state index contributed by atoms with van der Waals surface area (Å²) in [7, 11) is 1.19. The molecule has 0 radical (unpaired) electrons. The summed E-state index contributed by atoms with van der Waals surface area (Å²) in [4.78, 5) is 0. The van der Waals surface area contributed by atoms with Gasteiger partial charge in [-0.15, -0.1) is 0 Å². The van der Waals surface area contributed by atoms with Gasteiger partial charge in [-0.05, 0) is 17.7 Å². The largest absolute Gasteiger partial charge is 0.399 e. The molecule has 0 aliphatic rings. The van der Waals surface area contributed by atoms with Crippen molar-refractivity contribution in [3.05, 3.63) is 29.8 Å². The van der Waals surface area contributed by atoms with Crippen LogP contribution in [0.1, 0.15) is 5.56 Å². The summed E-state index contributed by atoms with van der Waals surface area (Å²) < 4.78 is 25.9. The SMILES string of the molecule is CN(C)S(=O)(=O)N(C)Cc1cccc(N)c1. The van der Waals surface area contributed by atoms with E-state index in [0.717, 1.165) is 5.56 Å². The molecule has 1 rings (SSSR count). The molecule has 0 unspecified atom stereocenters. The maximum Gasteiger partial charge on any atom is 0.281 e. The van der Waals surface area contributed by atoms with Gasteiger partial charge in [-0.25, -0.2) is 0 Å². The first-order chi connectivity index (χ1) is 7.34. The predicted molar refractivity (Wildman–Crippen MR) is 64.9 cm³/mol. The number of nitrogens with zero attached hydrogens (tertiary/aromatic N) is 2. The number of rotatable bonds is 4. The van der Waals surface area contributed by atoms with Gasteiger partial charge in [0.25, 0.3) is 10.2 Å². The minimum absolute atomic E-state index is 0.311. The minimum Gasteiger partial charge on any atom is -0.399 e. The molecule has 0 atom stereocenters. The van der Waals surface area contributed by atoms with Gasteiger partial charge in [-0.1, -0.05) is 12.1 Å². The third-order valence-corrected chi connectivity index (χ3v) is 4.05. The van der Waals surface area contributed by atoms with Gasteiger partial charge in [-0.3, -0.25) is 0 Å². The second-order valence-corrected chi connectivity index (χ2v) is 6.04. The molecule has 16 heavy (non-hydrogen) atoms. The van der Waals surface area contributed by atoms with Crippen LogP contribution >= 0.6 is 0 Å². The highest BCUT2D eigenvalue weighted by Gasteiger charge is 2.20. The zero-order chi connectivity index (χ0) is 12.3. The monoisotopic (exact) mass is 243 g/mol. The van der Waals surface area contributed by atoms with Crippen LogP contribution < -0.4 is 5.73 Å². The molecule has 0 aliphatic carbocycles. The predicted octanol–water partition coefficient (Wildman–Crippen LogP) is 0.507. The first kappa shape index (κ1) is 13.0. The fraction of sp³-hybridized carbons (Fsp3) is 0.400. The highest BCUT2D eigenvalue weighted by molar-refractivity contribution is 7.86. The standard InChI is InChI=1S/C10H17N3O2S/c1-12(2)16(14,15)13(3)8-9-5-4-6-10(11)7-9/h4-7H,8,11H2,1-3H3. The van der Waals surface area contributed by atoms with Gasteiger partial charge in [-0.2, -0.15) is 17.0 Å². The number of hydrogen-bond acceptors (Lipinski definition) is 3. The van der Waals surface area contributed by atoms with Crippen molar-refractivity contribution in [2.24, 2.45) is 0 Å². The Hall–Kier alpha value is -1.11. The topological polar surface area (TPSA) is 66.6 Å². The van der Waals surface area contributed by atoms with Gasteiger partial charge >= 0.3 is 0 Å². The van der Waals surface area contributed by atoms with Gasteiger partial charge in [0.1, 0.15) is 0 Å². The lowest BCUT2D eigenvalue weighted by Crippen LogP contribution is -2.36. The Morgan fingerprint density at radius 3 is 2.38 bits per heavy atom. The molecule has 1 aromatic carbocycles. The average Bonchev–Trinajstić information content (AvgIpc) is 2.17. The Morgan fingerprint density at radius 2 is 1.88 bits per heavy atom. The molecule has 0 amide bonds. The van der Waals surface area contributed by atoms with Crippen LogP contribution in [0.2, 0.25) is 0 Å².